The van der Waals surface area contributed by atoms with E-state index in [0.717, 1.165) is 34.5 Å². The number of nitrogens with zero attached hydrogens (tertiary/aromatic N) is 3. The van der Waals surface area contributed by atoms with Crippen LogP contribution in [0.5, 0.6) is 0 Å². The Kier molecular flexibility index (Phi) is 3.81. The summed E-state index contributed by atoms with van der Waals surface area (Å²) in [5, 5.41) is 8.97. The van der Waals surface area contributed by atoms with E-state index in [2.05, 4.69) is 17.1 Å². The fraction of sp³-hybridized carbons (Fsp3) is 0.700. The molecule has 1 saturated carbocycles. The van der Waals surface area contributed by atoms with Crippen molar-refractivity contribution < 1.29 is 4.79 Å². The summed E-state index contributed by atoms with van der Waals surface area (Å²) in [6, 6.07) is 0.370. The number of carbonyl (C=O) groups excluding carboxylic acids is 1. The summed E-state index contributed by atoms with van der Waals surface area (Å²) in [5.41, 5.74) is 0. The lowest BCUT2D eigenvalue weighted by molar-refractivity contribution is -0.116. The van der Waals surface area contributed by atoms with Gasteiger partial charge in [-0.3, -0.25) is 9.69 Å². The third-order valence-electron chi connectivity index (χ3n) is 2.28. The summed E-state index contributed by atoms with van der Waals surface area (Å²) < 4.78 is 0.962. The molecule has 0 aliphatic heterocycles. The topological polar surface area (TPSA) is 46.1 Å². The molecule has 88 valence electrons. The average Bonchev–Trinajstić information content (AvgIpc) is 2.95. The molecule has 0 saturated heterocycles. The van der Waals surface area contributed by atoms with Gasteiger partial charge in [-0.2, -0.15) is 0 Å². The molecule has 4 nitrogen and oxygen atoms in total. The molecule has 0 N–H and O–H groups in total. The van der Waals surface area contributed by atoms with Gasteiger partial charge >= 0.3 is 0 Å². The number of anilines is 1. The number of hydrogen-bond acceptors (Lipinski definition) is 5. The monoisotopic (exact) mass is 257 g/mol. The zero-order valence-electron chi connectivity index (χ0n) is 9.47. The fourth-order valence-electron chi connectivity index (χ4n) is 1.43. The molecule has 1 heterocycles. The Hall–Kier alpha value is -0.620. The van der Waals surface area contributed by atoms with Crippen LogP contribution < -0.4 is 4.90 Å². The van der Waals surface area contributed by atoms with Gasteiger partial charge in [-0.1, -0.05) is 30.0 Å². The molecule has 0 unspecified atom stereocenters. The van der Waals surface area contributed by atoms with Crippen molar-refractivity contribution >= 4 is 34.1 Å². The van der Waals surface area contributed by atoms with Gasteiger partial charge in [0, 0.05) is 18.7 Å². The number of rotatable bonds is 5. The summed E-state index contributed by atoms with van der Waals surface area (Å²) in [4.78, 5) is 13.3. The Morgan fingerprint density at radius 1 is 1.56 bits per heavy atom. The van der Waals surface area contributed by atoms with Crippen LogP contribution in [-0.2, 0) is 4.79 Å². The van der Waals surface area contributed by atoms with Crippen LogP contribution in [0.15, 0.2) is 4.34 Å². The van der Waals surface area contributed by atoms with Gasteiger partial charge in [0.25, 0.3) is 0 Å². The first-order valence-electron chi connectivity index (χ1n) is 5.48. The average molecular weight is 257 g/mol. The number of hydrogen-bond donors (Lipinski definition) is 0. The summed E-state index contributed by atoms with van der Waals surface area (Å²) in [6.07, 6.45) is 3.31. The molecule has 0 radical (unpaired) electrons. The molecule has 16 heavy (non-hydrogen) atoms. The number of aromatic nitrogens is 2. The summed E-state index contributed by atoms with van der Waals surface area (Å²) in [5.74, 6) is 1.13. The first-order chi connectivity index (χ1) is 7.72. The van der Waals surface area contributed by atoms with Crippen molar-refractivity contribution in [2.75, 3.05) is 10.7 Å². The largest absolute Gasteiger partial charge is 0.284 e. The molecule has 1 aliphatic carbocycles. The van der Waals surface area contributed by atoms with Crippen molar-refractivity contribution in [2.24, 2.45) is 0 Å². The Labute approximate surface area is 103 Å². The number of carbonyl (C=O) groups is 1. The van der Waals surface area contributed by atoms with Gasteiger partial charge in [0.15, 0.2) is 4.34 Å². The first-order valence-corrected chi connectivity index (χ1v) is 7.28. The molecule has 1 aliphatic rings. The summed E-state index contributed by atoms with van der Waals surface area (Å²) >= 11 is 3.23. The van der Waals surface area contributed by atoms with Gasteiger partial charge in [0.2, 0.25) is 11.0 Å². The van der Waals surface area contributed by atoms with Crippen LogP contribution in [-0.4, -0.2) is 27.9 Å². The maximum Gasteiger partial charge on any atom is 0.225 e. The third kappa shape index (κ3) is 2.74. The lowest BCUT2D eigenvalue weighted by atomic mass is 10.5. The van der Waals surface area contributed by atoms with Crippen molar-refractivity contribution in [2.45, 2.75) is 43.5 Å². The lowest BCUT2D eigenvalue weighted by Crippen LogP contribution is -2.30. The van der Waals surface area contributed by atoms with Crippen molar-refractivity contribution in [3.05, 3.63) is 0 Å². The maximum absolute atomic E-state index is 11.5. The maximum atomic E-state index is 11.5. The Morgan fingerprint density at radius 2 is 2.31 bits per heavy atom. The summed E-state index contributed by atoms with van der Waals surface area (Å²) in [7, 11) is 0. The van der Waals surface area contributed by atoms with Gasteiger partial charge in [-0.05, 0) is 19.3 Å². The van der Waals surface area contributed by atoms with E-state index in [9.17, 15) is 4.79 Å². The smallest absolute Gasteiger partial charge is 0.225 e. The molecule has 6 heteroatoms. The zero-order chi connectivity index (χ0) is 11.5. The van der Waals surface area contributed by atoms with Crippen molar-refractivity contribution in [1.29, 1.82) is 0 Å². The molecule has 1 fully saturated rings. The van der Waals surface area contributed by atoms with Crippen LogP contribution in [0.2, 0.25) is 0 Å². The van der Waals surface area contributed by atoms with Gasteiger partial charge in [0.1, 0.15) is 0 Å². The van der Waals surface area contributed by atoms with Gasteiger partial charge in [-0.15, -0.1) is 10.2 Å². The first kappa shape index (κ1) is 11.9. The highest BCUT2D eigenvalue weighted by atomic mass is 32.2. The second-order valence-corrected chi connectivity index (χ2v) is 6.12. The van der Waals surface area contributed by atoms with Gasteiger partial charge < -0.3 is 0 Å². The molecular formula is C10H15N3OS2. The lowest BCUT2D eigenvalue weighted by Gasteiger charge is -2.15. The highest BCUT2D eigenvalue weighted by Gasteiger charge is 2.34. The SMILES string of the molecule is CCCSc1nnc(N(C(C)=O)C2CC2)s1. The van der Waals surface area contributed by atoms with E-state index in [0.29, 0.717) is 6.04 Å². The minimum Gasteiger partial charge on any atom is -0.284 e. The molecule has 0 bridgehead atoms. The Bertz CT molecular complexity index is 376. The second-order valence-electron chi connectivity index (χ2n) is 3.82. The second kappa shape index (κ2) is 5.14. The van der Waals surface area contributed by atoms with Crippen LogP contribution in [0.1, 0.15) is 33.1 Å². The molecule has 1 aromatic rings. The highest BCUT2D eigenvalue weighted by molar-refractivity contribution is 8.01. The Balaban J connectivity index is 2.06. The van der Waals surface area contributed by atoms with Crippen LogP contribution in [0.4, 0.5) is 5.13 Å². The number of amides is 1. The highest BCUT2D eigenvalue weighted by Crippen LogP contribution is 2.35. The minimum atomic E-state index is 0.0747. The fourth-order valence-corrected chi connectivity index (χ4v) is 3.31. The van der Waals surface area contributed by atoms with Crippen LogP contribution >= 0.6 is 23.1 Å². The molecule has 0 aromatic carbocycles. The van der Waals surface area contributed by atoms with Crippen molar-refractivity contribution in [3.63, 3.8) is 0 Å². The minimum absolute atomic E-state index is 0.0747. The molecular weight excluding hydrogens is 242 g/mol. The van der Waals surface area contributed by atoms with Gasteiger partial charge in [-0.25, -0.2) is 0 Å². The van der Waals surface area contributed by atoms with Crippen LogP contribution in [0, 0.1) is 0 Å². The number of thioether (sulfide) groups is 1. The molecule has 0 spiro atoms. The third-order valence-corrected chi connectivity index (χ3v) is 4.54. The predicted octanol–water partition coefficient (Wildman–Crippen LogP) is 2.56. The predicted molar refractivity (Wildman–Crippen MR) is 67.1 cm³/mol. The van der Waals surface area contributed by atoms with E-state index in [1.54, 1.807) is 23.6 Å². The van der Waals surface area contributed by atoms with E-state index >= 15 is 0 Å². The summed E-state index contributed by atoms with van der Waals surface area (Å²) in [6.45, 7) is 3.74. The van der Waals surface area contributed by atoms with E-state index in [1.807, 2.05) is 0 Å². The van der Waals surface area contributed by atoms with E-state index < -0.39 is 0 Å². The van der Waals surface area contributed by atoms with E-state index in [-0.39, 0.29) is 5.91 Å². The Morgan fingerprint density at radius 3 is 2.88 bits per heavy atom. The van der Waals surface area contributed by atoms with E-state index in [1.165, 1.54) is 11.3 Å². The zero-order valence-corrected chi connectivity index (χ0v) is 11.1. The van der Waals surface area contributed by atoms with E-state index in [4.69, 9.17) is 0 Å². The molecule has 1 amide bonds. The normalized spacial score (nSPS) is 15.1. The van der Waals surface area contributed by atoms with Gasteiger partial charge in [0.05, 0.1) is 0 Å². The molecule has 0 atom stereocenters. The molecule has 2 rings (SSSR count). The molecule has 1 aromatic heterocycles. The standard InChI is InChI=1S/C10H15N3OS2/c1-3-6-15-10-12-11-9(16-10)13(7(2)14)8-4-5-8/h8H,3-6H2,1-2H3. The van der Waals surface area contributed by atoms with Crippen molar-refractivity contribution in [3.8, 4) is 0 Å². The van der Waals surface area contributed by atoms with Crippen LogP contribution in [0.25, 0.3) is 0 Å². The quantitative estimate of drug-likeness (QED) is 0.601. The van der Waals surface area contributed by atoms with Crippen LogP contribution in [0.3, 0.4) is 0 Å². The van der Waals surface area contributed by atoms with Crippen molar-refractivity contribution in [1.82, 2.24) is 10.2 Å².